The molecule has 2 heterocycles. The second-order valence-corrected chi connectivity index (χ2v) is 3.73. The predicted octanol–water partition coefficient (Wildman–Crippen LogP) is -2.50. The van der Waals surface area contributed by atoms with Crippen molar-refractivity contribution in [2.45, 2.75) is 13.1 Å². The summed E-state index contributed by atoms with van der Waals surface area (Å²) in [6.07, 6.45) is -3.51. The Balaban J connectivity index is 0.00000180. The number of carboxylic acids is 1. The maximum absolute atomic E-state index is 12.6. The van der Waals surface area contributed by atoms with Gasteiger partial charge in [-0.2, -0.15) is 13.2 Å². The Bertz CT molecular complexity index is 647. The molecule has 0 aliphatic rings. The first-order valence-corrected chi connectivity index (χ1v) is 4.85. The first-order chi connectivity index (χ1) is 8.29. The van der Waals surface area contributed by atoms with Gasteiger partial charge < -0.3 is 15.4 Å². The van der Waals surface area contributed by atoms with Crippen LogP contribution in [0, 0.1) is 6.92 Å². The standard InChI is InChI=1S/C11H7F3N2O2.Li.H2O/c1-5-2-6-3-7(10(17)18)8(11(12,13)14)16-9(6)15-4-5;;/h2-4H,1H3,(H,17,18);;1H2/q;+1;/p-1. The van der Waals surface area contributed by atoms with E-state index in [1.807, 2.05) is 0 Å². The van der Waals surface area contributed by atoms with Crippen LogP contribution in [0.25, 0.3) is 11.0 Å². The van der Waals surface area contributed by atoms with Crippen LogP contribution in [0.5, 0.6) is 0 Å². The van der Waals surface area contributed by atoms with Crippen LogP contribution in [0.4, 0.5) is 13.2 Å². The van der Waals surface area contributed by atoms with Crippen molar-refractivity contribution in [3.05, 3.63) is 35.2 Å². The molecule has 0 aromatic carbocycles. The number of carbonyl (C=O) groups is 1. The fourth-order valence-corrected chi connectivity index (χ4v) is 1.55. The van der Waals surface area contributed by atoms with E-state index in [-0.39, 0.29) is 35.4 Å². The summed E-state index contributed by atoms with van der Waals surface area (Å²) >= 11 is 0. The zero-order chi connectivity index (χ0) is 13.5. The van der Waals surface area contributed by atoms with E-state index in [1.54, 1.807) is 6.92 Å². The molecule has 0 bridgehead atoms. The number of rotatable bonds is 1. The first-order valence-electron chi connectivity index (χ1n) is 4.85. The van der Waals surface area contributed by atoms with E-state index in [2.05, 4.69) is 9.97 Å². The van der Waals surface area contributed by atoms with Gasteiger partial charge in [-0.25, -0.2) is 9.97 Å². The number of alkyl halides is 3. The summed E-state index contributed by atoms with van der Waals surface area (Å²) in [7, 11) is 0. The molecule has 2 aromatic rings. The molecule has 0 aliphatic heterocycles. The van der Waals surface area contributed by atoms with Gasteiger partial charge in [0, 0.05) is 17.1 Å². The van der Waals surface area contributed by atoms with Gasteiger partial charge in [0.05, 0.1) is 5.97 Å². The van der Waals surface area contributed by atoms with Crippen LogP contribution in [-0.2, 0) is 6.18 Å². The molecule has 9 heteroatoms. The molecule has 0 atom stereocenters. The summed E-state index contributed by atoms with van der Waals surface area (Å²) < 4.78 is 37.9. The van der Waals surface area contributed by atoms with Crippen LogP contribution in [-0.4, -0.2) is 21.4 Å². The molecule has 0 unspecified atom stereocenters. The molecule has 2 rings (SSSR count). The third kappa shape index (κ3) is 3.48. The smallest absolute Gasteiger partial charge is 0.545 e. The van der Waals surface area contributed by atoms with Crippen molar-refractivity contribution in [1.82, 2.24) is 9.97 Å². The fraction of sp³-hybridized carbons (Fsp3) is 0.182. The molecule has 20 heavy (non-hydrogen) atoms. The van der Waals surface area contributed by atoms with Crippen LogP contribution in [0.3, 0.4) is 0 Å². The van der Waals surface area contributed by atoms with Gasteiger partial charge in [-0.3, -0.25) is 0 Å². The van der Waals surface area contributed by atoms with Crippen LogP contribution in [0.2, 0.25) is 0 Å². The minimum Gasteiger partial charge on any atom is -0.545 e. The molecule has 102 valence electrons. The van der Waals surface area contributed by atoms with Crippen molar-refractivity contribution in [3.8, 4) is 0 Å². The Labute approximate surface area is 123 Å². The van der Waals surface area contributed by atoms with Gasteiger partial charge in [0.2, 0.25) is 0 Å². The molecule has 2 aromatic heterocycles. The average molecular weight is 280 g/mol. The van der Waals surface area contributed by atoms with Crippen LogP contribution in [0.15, 0.2) is 18.3 Å². The summed E-state index contributed by atoms with van der Waals surface area (Å²) in [5.41, 5.74) is -1.94. The first kappa shape index (κ1) is 18.4. The van der Waals surface area contributed by atoms with Crippen molar-refractivity contribution in [3.63, 3.8) is 0 Å². The van der Waals surface area contributed by atoms with Crippen molar-refractivity contribution in [1.29, 1.82) is 0 Å². The van der Waals surface area contributed by atoms with E-state index >= 15 is 0 Å². The summed E-state index contributed by atoms with van der Waals surface area (Å²) in [4.78, 5) is 17.7. The molecule has 0 aliphatic carbocycles. The molecule has 2 N–H and O–H groups in total. The number of carboxylic acid groups (broad SMARTS) is 1. The van der Waals surface area contributed by atoms with Crippen molar-refractivity contribution >= 4 is 17.0 Å². The van der Waals surface area contributed by atoms with Gasteiger partial charge >= 0.3 is 25.0 Å². The normalized spacial score (nSPS) is 10.6. The van der Waals surface area contributed by atoms with E-state index in [0.29, 0.717) is 5.56 Å². The number of pyridine rings is 2. The molecule has 0 amide bonds. The van der Waals surface area contributed by atoms with E-state index in [4.69, 9.17) is 0 Å². The monoisotopic (exact) mass is 280 g/mol. The third-order valence-corrected chi connectivity index (χ3v) is 2.29. The summed E-state index contributed by atoms with van der Waals surface area (Å²) in [6.45, 7) is 1.68. The number of aromatic nitrogens is 2. The maximum Gasteiger partial charge on any atom is 1.00 e. The number of carbonyl (C=O) groups excluding carboxylic acids is 1. The Morgan fingerprint density at radius 1 is 1.30 bits per heavy atom. The summed E-state index contributed by atoms with van der Waals surface area (Å²) in [5, 5.41) is 10.9. The summed E-state index contributed by atoms with van der Waals surface area (Å²) in [5.74, 6) is -1.92. The zero-order valence-corrected chi connectivity index (χ0v) is 10.6. The molecular weight excluding hydrogens is 272 g/mol. The molecular formula is C11H8F3LiN2O3. The largest absolute Gasteiger partial charge is 1.00 e. The number of aryl methyl sites for hydroxylation is 1. The minimum atomic E-state index is -4.86. The average Bonchev–Trinajstić information content (AvgIpc) is 2.25. The van der Waals surface area contributed by atoms with Crippen LogP contribution in [0.1, 0.15) is 21.6 Å². The molecule has 5 nitrogen and oxygen atoms in total. The quantitative estimate of drug-likeness (QED) is 0.539. The second-order valence-electron chi connectivity index (χ2n) is 3.73. The van der Waals surface area contributed by atoms with Gasteiger partial charge in [-0.1, -0.05) is 0 Å². The number of hydrogen-bond acceptors (Lipinski definition) is 4. The van der Waals surface area contributed by atoms with Gasteiger partial charge in [-0.05, 0) is 24.6 Å². The fourth-order valence-electron chi connectivity index (χ4n) is 1.55. The number of nitrogens with zero attached hydrogens (tertiary/aromatic N) is 2. The number of aromatic carboxylic acids is 1. The molecule has 0 spiro atoms. The Morgan fingerprint density at radius 2 is 1.90 bits per heavy atom. The molecule has 0 saturated carbocycles. The molecule has 0 saturated heterocycles. The topological polar surface area (TPSA) is 97.4 Å². The predicted molar refractivity (Wildman–Crippen MR) is 57.2 cm³/mol. The van der Waals surface area contributed by atoms with Gasteiger partial charge in [-0.15, -0.1) is 0 Å². The van der Waals surface area contributed by atoms with Crippen molar-refractivity contribution in [2.75, 3.05) is 0 Å². The van der Waals surface area contributed by atoms with Crippen LogP contribution < -0.4 is 24.0 Å². The summed E-state index contributed by atoms with van der Waals surface area (Å²) in [6, 6.07) is 2.38. The third-order valence-electron chi connectivity index (χ3n) is 2.29. The number of hydrogen-bond donors (Lipinski definition) is 0. The number of fused-ring (bicyclic) bond motifs is 1. The van der Waals surface area contributed by atoms with E-state index in [0.717, 1.165) is 6.07 Å². The van der Waals surface area contributed by atoms with Crippen molar-refractivity contribution in [2.24, 2.45) is 0 Å². The van der Waals surface area contributed by atoms with Crippen molar-refractivity contribution < 1.29 is 47.4 Å². The van der Waals surface area contributed by atoms with Gasteiger partial charge in [0.1, 0.15) is 0 Å². The van der Waals surface area contributed by atoms with E-state index in [1.165, 1.54) is 12.3 Å². The van der Waals surface area contributed by atoms with E-state index < -0.39 is 23.4 Å². The zero-order valence-electron chi connectivity index (χ0n) is 10.6. The minimum absolute atomic E-state index is 0. The van der Waals surface area contributed by atoms with Gasteiger partial charge in [0.15, 0.2) is 11.3 Å². The second kappa shape index (κ2) is 6.22. The number of halogens is 3. The van der Waals surface area contributed by atoms with Crippen LogP contribution >= 0.6 is 0 Å². The molecule has 0 fully saturated rings. The van der Waals surface area contributed by atoms with Gasteiger partial charge in [0.25, 0.3) is 0 Å². The SMILES string of the molecule is Cc1cnc2nc(C(F)(F)F)c(C(=O)[O-])cc2c1.O.[Li+]. The maximum atomic E-state index is 12.6. The Morgan fingerprint density at radius 3 is 2.40 bits per heavy atom. The Kier molecular flexibility index (Phi) is 5.71. The molecule has 0 radical (unpaired) electrons. The van der Waals surface area contributed by atoms with E-state index in [9.17, 15) is 23.1 Å². The Hall–Kier alpha value is -1.62.